The number of hydrogen-bond donors (Lipinski definition) is 1. The first-order valence-corrected chi connectivity index (χ1v) is 9.62. The van der Waals surface area contributed by atoms with Gasteiger partial charge in [0.05, 0.1) is 11.5 Å². The first-order valence-electron chi connectivity index (χ1n) is 9.62. The molecule has 5 nitrogen and oxygen atoms in total. The fraction of sp³-hybridized carbons (Fsp3) is 0.217. The second-order valence-electron chi connectivity index (χ2n) is 7.13. The Morgan fingerprint density at radius 2 is 1.50 bits per heavy atom. The Balaban J connectivity index is 1.76. The van der Waals surface area contributed by atoms with E-state index in [0.717, 1.165) is 59.6 Å². The molecule has 1 aliphatic rings. The number of hydrogen-bond acceptors (Lipinski definition) is 5. The highest BCUT2D eigenvalue weighted by Gasteiger charge is 2.26. The summed E-state index contributed by atoms with van der Waals surface area (Å²) >= 11 is 0. The van der Waals surface area contributed by atoms with Crippen LogP contribution in [0, 0.1) is 0 Å². The van der Waals surface area contributed by atoms with Crippen LogP contribution in [0.25, 0.3) is 33.6 Å². The predicted octanol–water partition coefficient (Wildman–Crippen LogP) is 4.52. The molecule has 0 amide bonds. The molecule has 4 aromatic rings. The highest BCUT2D eigenvalue weighted by atomic mass is 16.3. The predicted molar refractivity (Wildman–Crippen MR) is 110 cm³/mol. The Kier molecular flexibility index (Phi) is 4.29. The molecule has 1 N–H and O–H groups in total. The highest BCUT2D eigenvalue weighted by Crippen LogP contribution is 2.43. The van der Waals surface area contributed by atoms with Gasteiger partial charge in [-0.3, -0.25) is 0 Å². The van der Waals surface area contributed by atoms with Crippen molar-refractivity contribution < 1.29 is 9.52 Å². The van der Waals surface area contributed by atoms with Gasteiger partial charge < -0.3 is 14.4 Å². The van der Waals surface area contributed by atoms with Crippen molar-refractivity contribution in [3.8, 4) is 22.5 Å². The number of anilines is 1. The van der Waals surface area contributed by atoms with Gasteiger partial charge in [-0.25, -0.2) is 9.97 Å². The third-order valence-corrected chi connectivity index (χ3v) is 5.33. The standard InChI is InChI=1S/C23H21N3O2/c27-18-11-13-26(14-12-18)22-20-19(16-7-3-1-4-8-16)21(17-9-5-2-6-10-17)28-23(20)25-15-24-22/h1-10,15,18,27H,11-14H2. The third-order valence-electron chi connectivity index (χ3n) is 5.33. The minimum atomic E-state index is -0.230. The fourth-order valence-electron chi connectivity index (χ4n) is 3.91. The van der Waals surface area contributed by atoms with Crippen molar-refractivity contribution in [1.82, 2.24) is 9.97 Å². The smallest absolute Gasteiger partial charge is 0.232 e. The van der Waals surface area contributed by atoms with Crippen molar-refractivity contribution in [2.45, 2.75) is 18.9 Å². The summed E-state index contributed by atoms with van der Waals surface area (Å²) in [5, 5.41) is 10.8. The van der Waals surface area contributed by atoms with E-state index >= 15 is 0 Å². The van der Waals surface area contributed by atoms with Crippen LogP contribution < -0.4 is 4.90 Å². The van der Waals surface area contributed by atoms with Gasteiger partial charge in [-0.2, -0.15) is 0 Å². The Hall–Kier alpha value is -3.18. The molecule has 0 aliphatic carbocycles. The van der Waals surface area contributed by atoms with Crippen LogP contribution in [-0.2, 0) is 0 Å². The van der Waals surface area contributed by atoms with Gasteiger partial charge in [-0.1, -0.05) is 60.7 Å². The normalized spacial score (nSPS) is 15.2. The molecule has 1 saturated heterocycles. The summed E-state index contributed by atoms with van der Waals surface area (Å²) in [6, 6.07) is 20.4. The van der Waals surface area contributed by atoms with E-state index in [0.29, 0.717) is 5.71 Å². The monoisotopic (exact) mass is 371 g/mol. The fourth-order valence-corrected chi connectivity index (χ4v) is 3.91. The summed E-state index contributed by atoms with van der Waals surface area (Å²) in [6.45, 7) is 1.54. The molecular weight excluding hydrogens is 350 g/mol. The number of nitrogens with zero attached hydrogens (tertiary/aromatic N) is 3. The van der Waals surface area contributed by atoms with E-state index in [9.17, 15) is 5.11 Å². The lowest BCUT2D eigenvalue weighted by atomic mass is 9.99. The van der Waals surface area contributed by atoms with Crippen LogP contribution in [0.3, 0.4) is 0 Å². The second kappa shape index (κ2) is 7.09. The van der Waals surface area contributed by atoms with Crippen LogP contribution in [-0.4, -0.2) is 34.3 Å². The maximum atomic E-state index is 9.89. The van der Waals surface area contributed by atoms with Crippen LogP contribution in [0.2, 0.25) is 0 Å². The number of benzene rings is 2. The molecule has 0 spiro atoms. The van der Waals surface area contributed by atoms with E-state index in [2.05, 4.69) is 39.1 Å². The van der Waals surface area contributed by atoms with Gasteiger partial charge in [0.2, 0.25) is 5.71 Å². The summed E-state index contributed by atoms with van der Waals surface area (Å²) in [7, 11) is 0. The first-order chi connectivity index (χ1) is 13.8. The topological polar surface area (TPSA) is 62.4 Å². The molecule has 3 heterocycles. The molecule has 0 radical (unpaired) electrons. The summed E-state index contributed by atoms with van der Waals surface area (Å²) in [5.41, 5.74) is 3.70. The van der Waals surface area contributed by atoms with Crippen molar-refractivity contribution in [1.29, 1.82) is 0 Å². The van der Waals surface area contributed by atoms with Crippen molar-refractivity contribution >= 4 is 16.9 Å². The molecule has 5 rings (SSSR count). The number of aromatic nitrogens is 2. The lowest BCUT2D eigenvalue weighted by Gasteiger charge is -2.30. The molecule has 0 bridgehead atoms. The van der Waals surface area contributed by atoms with Gasteiger partial charge >= 0.3 is 0 Å². The minimum Gasteiger partial charge on any atom is -0.437 e. The summed E-state index contributed by atoms with van der Waals surface area (Å²) in [5.74, 6) is 1.68. The Labute approximate surface area is 163 Å². The van der Waals surface area contributed by atoms with Gasteiger partial charge in [0.1, 0.15) is 17.9 Å². The quantitative estimate of drug-likeness (QED) is 0.574. The number of furan rings is 1. The van der Waals surface area contributed by atoms with E-state index in [1.807, 2.05) is 36.4 Å². The molecule has 1 fully saturated rings. The molecule has 0 atom stereocenters. The van der Waals surface area contributed by atoms with Crippen LogP contribution in [0.15, 0.2) is 71.4 Å². The van der Waals surface area contributed by atoms with Crippen molar-refractivity contribution in [2.24, 2.45) is 0 Å². The number of aliphatic hydroxyl groups is 1. The van der Waals surface area contributed by atoms with Gasteiger partial charge in [0.25, 0.3) is 0 Å². The molecule has 28 heavy (non-hydrogen) atoms. The number of fused-ring (bicyclic) bond motifs is 1. The summed E-state index contributed by atoms with van der Waals surface area (Å²) in [4.78, 5) is 11.3. The molecule has 0 unspecified atom stereocenters. The second-order valence-corrected chi connectivity index (χ2v) is 7.13. The average molecular weight is 371 g/mol. The molecule has 0 saturated carbocycles. The lowest BCUT2D eigenvalue weighted by Crippen LogP contribution is -2.36. The largest absolute Gasteiger partial charge is 0.437 e. The summed E-state index contributed by atoms with van der Waals surface area (Å²) in [6.07, 6.45) is 2.83. The van der Waals surface area contributed by atoms with Gasteiger partial charge in [-0.15, -0.1) is 0 Å². The Morgan fingerprint density at radius 3 is 2.18 bits per heavy atom. The number of piperidine rings is 1. The zero-order valence-corrected chi connectivity index (χ0v) is 15.5. The molecule has 2 aromatic heterocycles. The molecule has 140 valence electrons. The zero-order chi connectivity index (χ0) is 18.9. The van der Waals surface area contributed by atoms with Gasteiger partial charge in [0.15, 0.2) is 0 Å². The summed E-state index contributed by atoms with van der Waals surface area (Å²) < 4.78 is 6.27. The molecule has 2 aromatic carbocycles. The number of rotatable bonds is 3. The van der Waals surface area contributed by atoms with Crippen LogP contribution in [0.4, 0.5) is 5.82 Å². The van der Waals surface area contributed by atoms with Crippen molar-refractivity contribution in [3.05, 3.63) is 67.0 Å². The first kappa shape index (κ1) is 17.0. The van der Waals surface area contributed by atoms with Crippen LogP contribution in [0.5, 0.6) is 0 Å². The van der Waals surface area contributed by atoms with E-state index in [-0.39, 0.29) is 6.10 Å². The van der Waals surface area contributed by atoms with Crippen molar-refractivity contribution in [3.63, 3.8) is 0 Å². The number of aliphatic hydroxyl groups excluding tert-OH is 1. The van der Waals surface area contributed by atoms with E-state index in [1.54, 1.807) is 6.33 Å². The Morgan fingerprint density at radius 1 is 0.857 bits per heavy atom. The zero-order valence-electron chi connectivity index (χ0n) is 15.5. The van der Waals surface area contributed by atoms with Crippen LogP contribution >= 0.6 is 0 Å². The average Bonchev–Trinajstić information content (AvgIpc) is 3.15. The lowest BCUT2D eigenvalue weighted by molar-refractivity contribution is 0.145. The maximum absolute atomic E-state index is 9.89. The minimum absolute atomic E-state index is 0.230. The third kappa shape index (κ3) is 2.94. The van der Waals surface area contributed by atoms with Gasteiger partial charge in [-0.05, 0) is 18.4 Å². The molecular formula is C23H21N3O2. The highest BCUT2D eigenvalue weighted by molar-refractivity contribution is 6.06. The Bertz CT molecular complexity index is 1090. The van der Waals surface area contributed by atoms with E-state index < -0.39 is 0 Å². The maximum Gasteiger partial charge on any atom is 0.232 e. The molecule has 1 aliphatic heterocycles. The van der Waals surface area contributed by atoms with E-state index in [4.69, 9.17) is 4.42 Å². The van der Waals surface area contributed by atoms with Crippen molar-refractivity contribution in [2.75, 3.05) is 18.0 Å². The molecule has 5 heteroatoms. The van der Waals surface area contributed by atoms with Crippen LogP contribution in [0.1, 0.15) is 12.8 Å². The van der Waals surface area contributed by atoms with E-state index in [1.165, 1.54) is 0 Å². The SMILES string of the molecule is OC1CCN(c2ncnc3oc(-c4ccccc4)c(-c4ccccc4)c23)CC1. The van der Waals surface area contributed by atoms with Gasteiger partial charge in [0, 0.05) is 24.2 Å².